The zero-order valence-electron chi connectivity index (χ0n) is 8.58. The summed E-state index contributed by atoms with van der Waals surface area (Å²) in [4.78, 5) is 24.4. The van der Waals surface area contributed by atoms with E-state index >= 15 is 0 Å². The third-order valence-corrected chi connectivity index (χ3v) is 2.35. The quantitative estimate of drug-likeness (QED) is 0.442. The Morgan fingerprint density at radius 3 is 2.94 bits per heavy atom. The molecule has 0 aliphatic rings. The number of aryl methyl sites for hydroxylation is 1. The number of rotatable bonds is 3. The molecule has 0 spiro atoms. The minimum absolute atomic E-state index is 0.157. The largest absolute Gasteiger partial charge is 0.389 e. The number of hydrogen-bond donors (Lipinski definition) is 0. The van der Waals surface area contributed by atoms with Crippen molar-refractivity contribution in [1.29, 1.82) is 0 Å². The van der Waals surface area contributed by atoms with Crippen molar-refractivity contribution in [3.8, 4) is 0 Å². The SMILES string of the molecule is Cc1nc([N+](=O)[O-])c2ccc(CC=O)cn12. The maximum atomic E-state index is 10.7. The maximum Gasteiger partial charge on any atom is 0.389 e. The van der Waals surface area contributed by atoms with Crippen LogP contribution in [-0.2, 0) is 11.2 Å². The lowest BCUT2D eigenvalue weighted by molar-refractivity contribution is -0.387. The van der Waals surface area contributed by atoms with Crippen molar-refractivity contribution in [3.05, 3.63) is 39.8 Å². The summed E-state index contributed by atoms with van der Waals surface area (Å²) in [6.07, 6.45) is 2.78. The molecule has 2 aromatic heterocycles. The molecule has 0 atom stereocenters. The van der Waals surface area contributed by atoms with Crippen molar-refractivity contribution in [3.63, 3.8) is 0 Å². The van der Waals surface area contributed by atoms with Gasteiger partial charge < -0.3 is 14.9 Å². The van der Waals surface area contributed by atoms with Crippen LogP contribution in [0.25, 0.3) is 5.52 Å². The molecule has 0 unspecified atom stereocenters. The summed E-state index contributed by atoms with van der Waals surface area (Å²) in [6.45, 7) is 1.69. The van der Waals surface area contributed by atoms with Gasteiger partial charge in [0.1, 0.15) is 11.8 Å². The number of carbonyl (C=O) groups excluding carboxylic acids is 1. The molecule has 0 aromatic carbocycles. The molecule has 0 amide bonds. The Labute approximate surface area is 90.7 Å². The number of nitrogens with zero attached hydrogens (tertiary/aromatic N) is 3. The Morgan fingerprint density at radius 2 is 2.31 bits per heavy atom. The lowest BCUT2D eigenvalue weighted by Gasteiger charge is -1.97. The van der Waals surface area contributed by atoms with E-state index in [0.29, 0.717) is 17.8 Å². The molecule has 16 heavy (non-hydrogen) atoms. The molecule has 0 aliphatic carbocycles. The summed E-state index contributed by atoms with van der Waals surface area (Å²) in [5.74, 6) is 0.379. The molecule has 2 rings (SSSR count). The third-order valence-electron chi connectivity index (χ3n) is 2.35. The van der Waals surface area contributed by atoms with Crippen LogP contribution in [0.15, 0.2) is 18.3 Å². The number of aromatic nitrogens is 2. The normalized spacial score (nSPS) is 10.6. The van der Waals surface area contributed by atoms with Crippen LogP contribution in [0.5, 0.6) is 0 Å². The van der Waals surface area contributed by atoms with E-state index in [1.165, 1.54) is 0 Å². The molecular weight excluding hydrogens is 210 g/mol. The molecule has 2 heterocycles. The van der Waals surface area contributed by atoms with Crippen molar-refractivity contribution in [2.24, 2.45) is 0 Å². The maximum absolute atomic E-state index is 10.7. The van der Waals surface area contributed by atoms with E-state index in [-0.39, 0.29) is 5.82 Å². The van der Waals surface area contributed by atoms with Crippen LogP contribution in [0.1, 0.15) is 11.4 Å². The number of imidazole rings is 1. The van der Waals surface area contributed by atoms with Crippen molar-refractivity contribution in [2.75, 3.05) is 0 Å². The van der Waals surface area contributed by atoms with Gasteiger partial charge in [0.25, 0.3) is 0 Å². The molecule has 0 fully saturated rings. The van der Waals surface area contributed by atoms with Gasteiger partial charge in [-0.2, -0.15) is 0 Å². The highest BCUT2D eigenvalue weighted by atomic mass is 16.6. The second-order valence-electron chi connectivity index (χ2n) is 3.40. The first-order valence-corrected chi connectivity index (χ1v) is 4.69. The molecule has 6 nitrogen and oxygen atoms in total. The molecule has 0 saturated heterocycles. The monoisotopic (exact) mass is 219 g/mol. The van der Waals surface area contributed by atoms with Gasteiger partial charge in [-0.25, -0.2) is 0 Å². The van der Waals surface area contributed by atoms with E-state index in [4.69, 9.17) is 0 Å². The summed E-state index contributed by atoms with van der Waals surface area (Å²) >= 11 is 0. The van der Waals surface area contributed by atoms with Gasteiger partial charge in [-0.05, 0) is 21.5 Å². The minimum Gasteiger partial charge on any atom is -0.358 e. The molecule has 82 valence electrons. The first-order valence-electron chi connectivity index (χ1n) is 4.69. The predicted molar refractivity (Wildman–Crippen MR) is 56.4 cm³/mol. The Kier molecular flexibility index (Phi) is 2.40. The summed E-state index contributed by atoms with van der Waals surface area (Å²) in [5.41, 5.74) is 1.25. The fraction of sp³-hybridized carbons (Fsp3) is 0.200. The Balaban J connectivity index is 2.66. The highest BCUT2D eigenvalue weighted by Gasteiger charge is 2.19. The van der Waals surface area contributed by atoms with Crippen LogP contribution in [0.3, 0.4) is 0 Å². The molecule has 0 aliphatic heterocycles. The van der Waals surface area contributed by atoms with Crippen LogP contribution < -0.4 is 0 Å². The number of carbonyl (C=O) groups is 1. The first kappa shape index (κ1) is 10.3. The fourth-order valence-corrected chi connectivity index (χ4v) is 1.61. The molecule has 0 N–H and O–H groups in total. The molecule has 0 bridgehead atoms. The lowest BCUT2D eigenvalue weighted by Crippen LogP contribution is -1.93. The molecule has 0 saturated carbocycles. The lowest BCUT2D eigenvalue weighted by atomic mass is 10.2. The first-order chi connectivity index (χ1) is 7.63. The fourth-order valence-electron chi connectivity index (χ4n) is 1.61. The summed E-state index contributed by atoms with van der Waals surface area (Å²) in [5, 5.41) is 10.7. The second kappa shape index (κ2) is 3.73. The number of pyridine rings is 1. The summed E-state index contributed by atoms with van der Waals surface area (Å²) in [6, 6.07) is 3.30. The molecule has 0 radical (unpaired) electrons. The van der Waals surface area contributed by atoms with Gasteiger partial charge >= 0.3 is 5.82 Å². The molecule has 2 aromatic rings. The highest BCUT2D eigenvalue weighted by molar-refractivity contribution is 5.64. The van der Waals surface area contributed by atoms with E-state index in [1.807, 2.05) is 0 Å². The molecular formula is C10H9N3O3. The van der Waals surface area contributed by atoms with Gasteiger partial charge in [0.15, 0.2) is 0 Å². The number of hydrogen-bond acceptors (Lipinski definition) is 4. The second-order valence-corrected chi connectivity index (χ2v) is 3.40. The average molecular weight is 219 g/mol. The topological polar surface area (TPSA) is 77.5 Å². The minimum atomic E-state index is -0.512. The third kappa shape index (κ3) is 1.54. The van der Waals surface area contributed by atoms with Gasteiger partial charge in [-0.1, -0.05) is 6.07 Å². The van der Waals surface area contributed by atoms with E-state index in [2.05, 4.69) is 4.98 Å². The van der Waals surface area contributed by atoms with Crippen molar-refractivity contribution in [1.82, 2.24) is 9.38 Å². The Bertz CT molecular complexity index is 574. The van der Waals surface area contributed by atoms with E-state index in [0.717, 1.165) is 11.8 Å². The van der Waals surface area contributed by atoms with E-state index in [1.54, 1.807) is 29.7 Å². The zero-order chi connectivity index (χ0) is 11.7. The van der Waals surface area contributed by atoms with Crippen LogP contribution >= 0.6 is 0 Å². The van der Waals surface area contributed by atoms with Gasteiger partial charge in [-0.15, -0.1) is 0 Å². The average Bonchev–Trinajstić information content (AvgIpc) is 2.57. The van der Waals surface area contributed by atoms with Crippen LogP contribution in [-0.4, -0.2) is 20.6 Å². The smallest absolute Gasteiger partial charge is 0.358 e. The zero-order valence-corrected chi connectivity index (χ0v) is 8.58. The Hall–Kier alpha value is -2.24. The number of fused-ring (bicyclic) bond motifs is 1. The van der Waals surface area contributed by atoms with E-state index < -0.39 is 4.92 Å². The van der Waals surface area contributed by atoms with Crippen molar-refractivity contribution >= 4 is 17.6 Å². The van der Waals surface area contributed by atoms with Gasteiger partial charge in [0.2, 0.25) is 5.82 Å². The van der Waals surface area contributed by atoms with Crippen LogP contribution in [0.2, 0.25) is 0 Å². The van der Waals surface area contributed by atoms with Crippen molar-refractivity contribution in [2.45, 2.75) is 13.3 Å². The number of aldehydes is 1. The summed E-state index contributed by atoms with van der Waals surface area (Å²) < 4.78 is 1.62. The number of nitro groups is 1. The van der Waals surface area contributed by atoms with Crippen LogP contribution in [0, 0.1) is 17.0 Å². The summed E-state index contributed by atoms with van der Waals surface area (Å²) in [7, 11) is 0. The Morgan fingerprint density at radius 1 is 1.56 bits per heavy atom. The molecule has 6 heteroatoms. The van der Waals surface area contributed by atoms with Gasteiger partial charge in [0, 0.05) is 19.5 Å². The van der Waals surface area contributed by atoms with Gasteiger partial charge in [-0.3, -0.25) is 4.40 Å². The standard InChI is InChI=1S/C10H9N3O3/c1-7-11-10(13(15)16)9-3-2-8(4-5-14)6-12(7)9/h2-3,5-6H,4H2,1H3. The van der Waals surface area contributed by atoms with Gasteiger partial charge in [0.05, 0.1) is 0 Å². The highest BCUT2D eigenvalue weighted by Crippen LogP contribution is 2.20. The predicted octanol–water partition coefficient (Wildman–Crippen LogP) is 1.29. The van der Waals surface area contributed by atoms with Crippen molar-refractivity contribution < 1.29 is 9.72 Å². The van der Waals surface area contributed by atoms with E-state index in [9.17, 15) is 14.9 Å². The van der Waals surface area contributed by atoms with Crippen LogP contribution in [0.4, 0.5) is 5.82 Å².